The molecule has 0 saturated carbocycles. The third kappa shape index (κ3) is 4.48. The lowest BCUT2D eigenvalue weighted by atomic mass is 9.87. The second-order valence-corrected chi connectivity index (χ2v) is 9.91. The Morgan fingerprint density at radius 1 is 0.882 bits per heavy atom. The summed E-state index contributed by atoms with van der Waals surface area (Å²) in [5.74, 6) is 2.50. The summed E-state index contributed by atoms with van der Waals surface area (Å²) < 4.78 is 7.20. The molecule has 5 rings (SSSR count). The number of hydrogen-bond acceptors (Lipinski definition) is 6. The zero-order valence-corrected chi connectivity index (χ0v) is 20.4. The van der Waals surface area contributed by atoms with E-state index in [1.54, 1.807) is 13.4 Å². The third-order valence-corrected chi connectivity index (χ3v) is 6.58. The Labute approximate surface area is 201 Å². The monoisotopic (exact) mass is 456 g/mol. The number of methoxy groups -OCH3 is 1. The molecule has 1 saturated heterocycles. The number of nitrogens with zero attached hydrogens (tertiary/aromatic N) is 6. The maximum atomic E-state index is 5.33. The van der Waals surface area contributed by atoms with E-state index in [1.165, 1.54) is 11.1 Å². The van der Waals surface area contributed by atoms with E-state index in [1.807, 2.05) is 22.8 Å². The van der Waals surface area contributed by atoms with Crippen LogP contribution in [-0.2, 0) is 12.0 Å². The van der Waals surface area contributed by atoms with Crippen molar-refractivity contribution in [2.45, 2.75) is 32.7 Å². The molecule has 1 aliphatic heterocycles. The minimum Gasteiger partial charge on any atom is -0.497 e. The van der Waals surface area contributed by atoms with Gasteiger partial charge in [-0.3, -0.25) is 4.90 Å². The number of anilines is 1. The zero-order valence-electron chi connectivity index (χ0n) is 20.4. The maximum absolute atomic E-state index is 5.33. The maximum Gasteiger partial charge on any atom is 0.254 e. The van der Waals surface area contributed by atoms with E-state index < -0.39 is 0 Å². The molecule has 0 atom stereocenters. The average Bonchev–Trinajstić information content (AvgIpc) is 3.33. The van der Waals surface area contributed by atoms with Crippen molar-refractivity contribution in [3.8, 4) is 16.9 Å². The van der Waals surface area contributed by atoms with Crippen molar-refractivity contribution in [2.75, 3.05) is 38.2 Å². The molecule has 0 unspecified atom stereocenters. The van der Waals surface area contributed by atoms with E-state index in [4.69, 9.17) is 4.74 Å². The van der Waals surface area contributed by atoms with Crippen LogP contribution in [0, 0.1) is 0 Å². The third-order valence-electron chi connectivity index (χ3n) is 6.58. The van der Waals surface area contributed by atoms with Crippen LogP contribution in [0.1, 0.15) is 31.9 Å². The summed E-state index contributed by atoms with van der Waals surface area (Å²) in [7, 11) is 1.68. The van der Waals surface area contributed by atoms with Crippen LogP contribution < -0.4 is 9.64 Å². The van der Waals surface area contributed by atoms with Gasteiger partial charge in [0.15, 0.2) is 0 Å². The second kappa shape index (κ2) is 9.06. The van der Waals surface area contributed by atoms with Crippen molar-refractivity contribution in [3.05, 3.63) is 72.2 Å². The molecular formula is C27H32N6O. The molecule has 0 N–H and O–H groups in total. The Morgan fingerprint density at radius 3 is 2.24 bits per heavy atom. The molecule has 2 aromatic heterocycles. The molecule has 1 aliphatic rings. The molecule has 34 heavy (non-hydrogen) atoms. The van der Waals surface area contributed by atoms with Gasteiger partial charge in [-0.1, -0.05) is 57.2 Å². The Hall–Kier alpha value is -3.45. The SMILES string of the molecule is COc1ccc(-c2cnc3ncnn3c2N2CCN(Cc3ccc(C(C)(C)C)cc3)CC2)cc1. The fraction of sp³-hybridized carbons (Fsp3) is 0.370. The Balaban J connectivity index is 1.35. The number of aromatic nitrogens is 4. The van der Waals surface area contributed by atoms with Gasteiger partial charge in [-0.15, -0.1) is 0 Å². The van der Waals surface area contributed by atoms with Gasteiger partial charge in [0.05, 0.1) is 7.11 Å². The molecular weight excluding hydrogens is 424 g/mol. The molecule has 4 aromatic rings. The number of piperazine rings is 1. The number of hydrogen-bond donors (Lipinski definition) is 0. The van der Waals surface area contributed by atoms with Crippen molar-refractivity contribution in [3.63, 3.8) is 0 Å². The van der Waals surface area contributed by atoms with Gasteiger partial charge >= 0.3 is 0 Å². The zero-order chi connectivity index (χ0) is 23.7. The summed E-state index contributed by atoms with van der Waals surface area (Å²) in [6.45, 7) is 11.6. The first-order valence-corrected chi connectivity index (χ1v) is 11.8. The number of fused-ring (bicyclic) bond motifs is 1. The second-order valence-electron chi connectivity index (χ2n) is 9.91. The Morgan fingerprint density at radius 2 is 1.59 bits per heavy atom. The van der Waals surface area contributed by atoms with Gasteiger partial charge in [0.2, 0.25) is 0 Å². The highest BCUT2D eigenvalue weighted by Crippen LogP contribution is 2.32. The molecule has 1 fully saturated rings. The van der Waals surface area contributed by atoms with Crippen LogP contribution in [0.25, 0.3) is 16.9 Å². The van der Waals surface area contributed by atoms with Gasteiger partial charge < -0.3 is 9.64 Å². The van der Waals surface area contributed by atoms with Crippen LogP contribution in [0.3, 0.4) is 0 Å². The number of ether oxygens (including phenoxy) is 1. The molecule has 7 nitrogen and oxygen atoms in total. The quantitative estimate of drug-likeness (QED) is 0.443. The highest BCUT2D eigenvalue weighted by Gasteiger charge is 2.24. The van der Waals surface area contributed by atoms with Crippen molar-refractivity contribution >= 4 is 11.6 Å². The number of rotatable bonds is 5. The molecule has 3 heterocycles. The highest BCUT2D eigenvalue weighted by atomic mass is 16.5. The summed E-state index contributed by atoms with van der Waals surface area (Å²) in [6, 6.07) is 17.2. The minimum absolute atomic E-state index is 0.184. The normalized spacial score (nSPS) is 15.1. The first-order valence-electron chi connectivity index (χ1n) is 11.8. The van der Waals surface area contributed by atoms with E-state index in [-0.39, 0.29) is 5.41 Å². The molecule has 0 spiro atoms. The Kier molecular flexibility index (Phi) is 5.96. The van der Waals surface area contributed by atoms with Crippen LogP contribution >= 0.6 is 0 Å². The predicted molar refractivity (Wildman–Crippen MR) is 135 cm³/mol. The number of benzene rings is 2. The summed E-state index contributed by atoms with van der Waals surface area (Å²) in [4.78, 5) is 13.8. The van der Waals surface area contributed by atoms with E-state index in [0.717, 1.165) is 55.4 Å². The smallest absolute Gasteiger partial charge is 0.254 e. The van der Waals surface area contributed by atoms with Crippen LogP contribution in [0.4, 0.5) is 5.82 Å². The van der Waals surface area contributed by atoms with E-state index in [9.17, 15) is 0 Å². The van der Waals surface area contributed by atoms with E-state index >= 15 is 0 Å². The van der Waals surface area contributed by atoms with Crippen LogP contribution in [0.5, 0.6) is 5.75 Å². The van der Waals surface area contributed by atoms with E-state index in [0.29, 0.717) is 5.78 Å². The molecule has 0 amide bonds. The molecule has 2 aromatic carbocycles. The standard InChI is InChI=1S/C27H32N6O/c1-27(2,3)22-9-5-20(6-10-22)18-31-13-15-32(16-14-31)25-24(17-28-26-29-19-30-33(25)26)21-7-11-23(34-4)12-8-21/h5-12,17,19H,13-16,18H2,1-4H3. The van der Waals surface area contributed by atoms with Gasteiger partial charge in [-0.2, -0.15) is 14.6 Å². The van der Waals surface area contributed by atoms with E-state index in [2.05, 4.69) is 82.0 Å². The topological polar surface area (TPSA) is 58.8 Å². The Bertz CT molecular complexity index is 1250. The molecule has 0 bridgehead atoms. The van der Waals surface area contributed by atoms with Crippen molar-refractivity contribution in [2.24, 2.45) is 0 Å². The van der Waals surface area contributed by atoms with Gasteiger partial charge in [-0.25, -0.2) is 4.98 Å². The fourth-order valence-corrected chi connectivity index (χ4v) is 4.53. The fourth-order valence-electron chi connectivity index (χ4n) is 4.53. The summed E-state index contributed by atoms with van der Waals surface area (Å²) in [5.41, 5.74) is 5.06. The van der Waals surface area contributed by atoms with Crippen molar-refractivity contribution in [1.29, 1.82) is 0 Å². The molecule has 7 heteroatoms. The lowest BCUT2D eigenvalue weighted by Crippen LogP contribution is -2.46. The molecule has 0 aliphatic carbocycles. The lowest BCUT2D eigenvalue weighted by Gasteiger charge is -2.36. The first kappa shape index (κ1) is 22.3. The van der Waals surface area contributed by atoms with Gasteiger partial charge in [0, 0.05) is 44.5 Å². The summed E-state index contributed by atoms with van der Waals surface area (Å²) in [5, 5.41) is 4.49. The highest BCUT2D eigenvalue weighted by molar-refractivity contribution is 5.77. The largest absolute Gasteiger partial charge is 0.497 e. The molecule has 0 radical (unpaired) electrons. The average molecular weight is 457 g/mol. The van der Waals surface area contributed by atoms with Crippen molar-refractivity contribution in [1.82, 2.24) is 24.5 Å². The lowest BCUT2D eigenvalue weighted by molar-refractivity contribution is 0.249. The minimum atomic E-state index is 0.184. The van der Waals surface area contributed by atoms with Gasteiger partial charge in [-0.05, 0) is 34.2 Å². The summed E-state index contributed by atoms with van der Waals surface area (Å²) >= 11 is 0. The molecule has 176 valence electrons. The van der Waals surface area contributed by atoms with Gasteiger partial charge in [0.1, 0.15) is 17.9 Å². The van der Waals surface area contributed by atoms with Crippen LogP contribution in [0.15, 0.2) is 61.1 Å². The van der Waals surface area contributed by atoms with Crippen LogP contribution in [0.2, 0.25) is 0 Å². The van der Waals surface area contributed by atoms with Crippen molar-refractivity contribution < 1.29 is 4.74 Å². The van der Waals surface area contributed by atoms with Crippen LogP contribution in [-0.4, -0.2) is 57.8 Å². The first-order chi connectivity index (χ1) is 16.4. The van der Waals surface area contributed by atoms with Gasteiger partial charge in [0.25, 0.3) is 5.78 Å². The predicted octanol–water partition coefficient (Wildman–Crippen LogP) is 4.42. The summed E-state index contributed by atoms with van der Waals surface area (Å²) in [6.07, 6.45) is 3.48.